The van der Waals surface area contributed by atoms with Gasteiger partial charge in [-0.1, -0.05) is 0 Å². The van der Waals surface area contributed by atoms with E-state index in [4.69, 9.17) is 14.2 Å². The zero-order valence-corrected chi connectivity index (χ0v) is 15.0. The van der Waals surface area contributed by atoms with E-state index in [0.717, 1.165) is 0 Å². The van der Waals surface area contributed by atoms with Gasteiger partial charge in [0.15, 0.2) is 0 Å². The second-order valence-corrected chi connectivity index (χ2v) is 7.65. The summed E-state index contributed by atoms with van der Waals surface area (Å²) in [5.74, 6) is -2.55. The number of carbonyl (C=O) groups excluding carboxylic acids is 3. The summed E-state index contributed by atoms with van der Waals surface area (Å²) in [6.07, 6.45) is -0.558. The molecule has 0 aromatic rings. The number of amides is 1. The van der Waals surface area contributed by atoms with Crippen molar-refractivity contribution >= 4 is 18.0 Å². The first kappa shape index (κ1) is 19.3. The molecule has 1 saturated heterocycles. The lowest BCUT2D eigenvalue weighted by Gasteiger charge is -2.25. The standard InChI is InChI=1S/C16H27NO6/c1-15(2,3)22-13(19)11-9-17(8-10(11)12(18)21-7)14(20)23-16(4,5)6/h10-11H,8-9H2,1-7H3/t10-,11+/m1/s1. The van der Waals surface area contributed by atoms with Crippen molar-refractivity contribution in [2.24, 2.45) is 11.8 Å². The van der Waals surface area contributed by atoms with Gasteiger partial charge >= 0.3 is 18.0 Å². The van der Waals surface area contributed by atoms with E-state index < -0.39 is 41.1 Å². The van der Waals surface area contributed by atoms with Crippen LogP contribution in [0.1, 0.15) is 41.5 Å². The van der Waals surface area contributed by atoms with Crippen LogP contribution in [0.3, 0.4) is 0 Å². The number of hydrogen-bond acceptors (Lipinski definition) is 6. The molecule has 132 valence electrons. The Labute approximate surface area is 137 Å². The topological polar surface area (TPSA) is 82.1 Å². The summed E-state index contributed by atoms with van der Waals surface area (Å²) in [5, 5.41) is 0. The average molecular weight is 329 g/mol. The van der Waals surface area contributed by atoms with E-state index in [1.54, 1.807) is 41.5 Å². The molecule has 0 aromatic carbocycles. The monoisotopic (exact) mass is 329 g/mol. The Kier molecular flexibility index (Phi) is 5.66. The molecule has 7 nitrogen and oxygen atoms in total. The summed E-state index contributed by atoms with van der Waals surface area (Å²) in [7, 11) is 1.25. The smallest absolute Gasteiger partial charge is 0.410 e. The number of likely N-dealkylation sites (tertiary alicyclic amines) is 1. The molecule has 1 aliphatic rings. The molecule has 1 fully saturated rings. The maximum atomic E-state index is 12.3. The Balaban J connectivity index is 2.89. The normalized spacial score (nSPS) is 21.8. The minimum Gasteiger partial charge on any atom is -0.469 e. The van der Waals surface area contributed by atoms with Crippen molar-refractivity contribution in [1.82, 2.24) is 4.90 Å². The Hall–Kier alpha value is -1.79. The molecule has 1 aliphatic heterocycles. The van der Waals surface area contributed by atoms with Crippen molar-refractivity contribution in [3.8, 4) is 0 Å². The Morgan fingerprint density at radius 3 is 1.65 bits per heavy atom. The molecule has 0 aliphatic carbocycles. The lowest BCUT2D eigenvalue weighted by Crippen LogP contribution is -2.36. The van der Waals surface area contributed by atoms with E-state index in [1.807, 2.05) is 0 Å². The molecule has 0 bridgehead atoms. The van der Waals surface area contributed by atoms with Crippen molar-refractivity contribution < 1.29 is 28.6 Å². The predicted octanol–water partition coefficient (Wildman–Crippen LogP) is 1.98. The zero-order valence-electron chi connectivity index (χ0n) is 15.0. The fourth-order valence-corrected chi connectivity index (χ4v) is 2.29. The highest BCUT2D eigenvalue weighted by molar-refractivity contribution is 5.85. The van der Waals surface area contributed by atoms with E-state index in [0.29, 0.717) is 0 Å². The molecule has 0 aromatic heterocycles. The van der Waals surface area contributed by atoms with Crippen LogP contribution in [-0.2, 0) is 23.8 Å². The Morgan fingerprint density at radius 1 is 0.826 bits per heavy atom. The number of hydrogen-bond donors (Lipinski definition) is 0. The van der Waals surface area contributed by atoms with Crippen LogP contribution in [0.4, 0.5) is 4.79 Å². The predicted molar refractivity (Wildman–Crippen MR) is 82.6 cm³/mol. The maximum absolute atomic E-state index is 12.3. The highest BCUT2D eigenvalue weighted by Crippen LogP contribution is 2.28. The molecule has 1 heterocycles. The highest BCUT2D eigenvalue weighted by atomic mass is 16.6. The second kappa shape index (κ2) is 6.76. The van der Waals surface area contributed by atoms with Crippen LogP contribution in [0.25, 0.3) is 0 Å². The van der Waals surface area contributed by atoms with E-state index in [2.05, 4.69) is 0 Å². The van der Waals surface area contributed by atoms with Crippen LogP contribution in [-0.4, -0.2) is 54.3 Å². The summed E-state index contributed by atoms with van der Waals surface area (Å²) < 4.78 is 15.4. The molecule has 2 atom stereocenters. The highest BCUT2D eigenvalue weighted by Gasteiger charge is 2.46. The van der Waals surface area contributed by atoms with Gasteiger partial charge in [0.25, 0.3) is 0 Å². The van der Waals surface area contributed by atoms with Gasteiger partial charge < -0.3 is 19.1 Å². The molecule has 0 N–H and O–H groups in total. The first-order valence-electron chi connectivity index (χ1n) is 7.62. The molecule has 1 amide bonds. The molecule has 7 heteroatoms. The van der Waals surface area contributed by atoms with Crippen LogP contribution in [0.2, 0.25) is 0 Å². The minimum absolute atomic E-state index is 0.0730. The van der Waals surface area contributed by atoms with Gasteiger partial charge in [0.2, 0.25) is 0 Å². The second-order valence-electron chi connectivity index (χ2n) is 7.65. The SMILES string of the molecule is COC(=O)[C@@H]1CN(C(=O)OC(C)(C)C)C[C@@H]1C(=O)OC(C)(C)C. The number of methoxy groups -OCH3 is 1. The number of rotatable bonds is 2. The average Bonchev–Trinajstić information content (AvgIpc) is 2.78. The first-order chi connectivity index (χ1) is 10.3. The molecular formula is C16H27NO6. The van der Waals surface area contributed by atoms with Crippen molar-refractivity contribution in [2.75, 3.05) is 20.2 Å². The van der Waals surface area contributed by atoms with Crippen molar-refractivity contribution in [3.63, 3.8) is 0 Å². The molecule has 0 spiro atoms. The van der Waals surface area contributed by atoms with Crippen LogP contribution in [0.15, 0.2) is 0 Å². The summed E-state index contributed by atoms with van der Waals surface area (Å²) in [5.41, 5.74) is -1.32. The lowest BCUT2D eigenvalue weighted by molar-refractivity contribution is -0.165. The van der Waals surface area contributed by atoms with Gasteiger partial charge in [-0.15, -0.1) is 0 Å². The van der Waals surface area contributed by atoms with Crippen LogP contribution in [0, 0.1) is 11.8 Å². The number of carbonyl (C=O) groups is 3. The van der Waals surface area contributed by atoms with Gasteiger partial charge in [-0.05, 0) is 41.5 Å². The fourth-order valence-electron chi connectivity index (χ4n) is 2.29. The number of ether oxygens (including phenoxy) is 3. The molecule has 0 radical (unpaired) electrons. The third-order valence-corrected chi connectivity index (χ3v) is 3.19. The zero-order chi connectivity index (χ0) is 18.0. The number of esters is 2. The first-order valence-corrected chi connectivity index (χ1v) is 7.62. The summed E-state index contributed by atoms with van der Waals surface area (Å²) in [6.45, 7) is 10.7. The Morgan fingerprint density at radius 2 is 1.26 bits per heavy atom. The van der Waals surface area contributed by atoms with E-state index in [-0.39, 0.29) is 13.1 Å². The quantitative estimate of drug-likeness (QED) is 0.569. The molecule has 0 saturated carbocycles. The molecule has 0 unspecified atom stereocenters. The lowest BCUT2D eigenvalue weighted by atomic mass is 9.96. The molecule has 23 heavy (non-hydrogen) atoms. The van der Waals surface area contributed by atoms with Crippen molar-refractivity contribution in [1.29, 1.82) is 0 Å². The minimum atomic E-state index is -0.755. The van der Waals surface area contributed by atoms with Crippen LogP contribution in [0.5, 0.6) is 0 Å². The van der Waals surface area contributed by atoms with Gasteiger partial charge in [-0.3, -0.25) is 9.59 Å². The van der Waals surface area contributed by atoms with E-state index in [9.17, 15) is 14.4 Å². The third-order valence-electron chi connectivity index (χ3n) is 3.19. The van der Waals surface area contributed by atoms with E-state index in [1.165, 1.54) is 12.0 Å². The molecule has 1 rings (SSSR count). The fraction of sp³-hybridized carbons (Fsp3) is 0.812. The number of nitrogens with zero attached hydrogens (tertiary/aromatic N) is 1. The summed E-state index contributed by atoms with van der Waals surface area (Å²) in [6, 6.07) is 0. The largest absolute Gasteiger partial charge is 0.469 e. The molecular weight excluding hydrogens is 302 g/mol. The summed E-state index contributed by atoms with van der Waals surface area (Å²) >= 11 is 0. The van der Waals surface area contributed by atoms with Crippen molar-refractivity contribution in [3.05, 3.63) is 0 Å². The summed E-state index contributed by atoms with van der Waals surface area (Å²) in [4.78, 5) is 37.8. The third kappa shape index (κ3) is 5.73. The van der Waals surface area contributed by atoms with Gasteiger partial charge in [0, 0.05) is 13.1 Å². The van der Waals surface area contributed by atoms with Crippen LogP contribution < -0.4 is 0 Å². The van der Waals surface area contributed by atoms with Crippen LogP contribution >= 0.6 is 0 Å². The maximum Gasteiger partial charge on any atom is 0.410 e. The van der Waals surface area contributed by atoms with Gasteiger partial charge in [0.05, 0.1) is 18.9 Å². The van der Waals surface area contributed by atoms with E-state index >= 15 is 0 Å². The van der Waals surface area contributed by atoms with Gasteiger partial charge in [-0.2, -0.15) is 0 Å². The Bertz CT molecular complexity index is 474. The van der Waals surface area contributed by atoms with Gasteiger partial charge in [0.1, 0.15) is 11.2 Å². The van der Waals surface area contributed by atoms with Gasteiger partial charge in [-0.25, -0.2) is 4.79 Å². The van der Waals surface area contributed by atoms with Crippen molar-refractivity contribution in [2.45, 2.75) is 52.7 Å².